The van der Waals surface area contributed by atoms with E-state index in [9.17, 15) is 23.3 Å². The molecule has 1 aliphatic rings. The third-order valence-corrected chi connectivity index (χ3v) is 6.29. The number of rotatable bonds is 8. The third kappa shape index (κ3) is 5.09. The summed E-state index contributed by atoms with van der Waals surface area (Å²) >= 11 is 0. The maximum absolute atomic E-state index is 13.2. The predicted molar refractivity (Wildman–Crippen MR) is 106 cm³/mol. The Morgan fingerprint density at radius 1 is 1.21 bits per heavy atom. The minimum atomic E-state index is -4.11. The Kier molecular flexibility index (Phi) is 6.45. The molecule has 0 spiro atoms. The van der Waals surface area contributed by atoms with Crippen molar-refractivity contribution in [2.75, 3.05) is 24.0 Å². The SMILES string of the molecule is O=C(CN(c1cccc([N+](=O)[O-])c1)S(=O)(=O)c1ccccc1)NC[C@H]1CCCO1. The number of amides is 1. The molecule has 1 amide bonds. The molecule has 1 saturated heterocycles. The fourth-order valence-electron chi connectivity index (χ4n) is 3.02. The summed E-state index contributed by atoms with van der Waals surface area (Å²) in [6.07, 6.45) is 1.66. The number of nitrogens with one attached hydrogen (secondary N) is 1. The maximum Gasteiger partial charge on any atom is 0.271 e. The Bertz CT molecular complexity index is 974. The lowest BCUT2D eigenvalue weighted by Gasteiger charge is -2.24. The standard InChI is InChI=1S/C19H21N3O6S/c23-19(20-13-17-8-5-11-28-17)14-21(15-6-4-7-16(12-15)22(24)25)29(26,27)18-9-2-1-3-10-18/h1-4,6-7,9-10,12,17H,5,8,11,13-14H2,(H,20,23)/t17-/m1/s1. The summed E-state index contributed by atoms with van der Waals surface area (Å²) in [6, 6.07) is 12.8. The zero-order chi connectivity index (χ0) is 20.9. The van der Waals surface area contributed by atoms with Crippen molar-refractivity contribution < 1.29 is 22.9 Å². The summed E-state index contributed by atoms with van der Waals surface area (Å²) in [7, 11) is -4.11. The Labute approximate surface area is 168 Å². The summed E-state index contributed by atoms with van der Waals surface area (Å²) in [5.74, 6) is -0.522. The second-order valence-corrected chi connectivity index (χ2v) is 8.40. The van der Waals surface area contributed by atoms with Crippen molar-refractivity contribution in [1.82, 2.24) is 5.32 Å². The number of anilines is 1. The lowest BCUT2D eigenvalue weighted by Crippen LogP contribution is -2.42. The van der Waals surface area contributed by atoms with Crippen LogP contribution in [0, 0.1) is 10.1 Å². The fraction of sp³-hybridized carbons (Fsp3) is 0.316. The third-order valence-electron chi connectivity index (χ3n) is 4.50. The highest BCUT2D eigenvalue weighted by molar-refractivity contribution is 7.92. The smallest absolute Gasteiger partial charge is 0.271 e. The summed E-state index contributed by atoms with van der Waals surface area (Å²) < 4.78 is 32.6. The zero-order valence-electron chi connectivity index (χ0n) is 15.6. The van der Waals surface area contributed by atoms with E-state index in [-0.39, 0.29) is 28.9 Å². The molecule has 0 saturated carbocycles. The van der Waals surface area contributed by atoms with Crippen molar-refractivity contribution in [3.8, 4) is 0 Å². The molecule has 1 aliphatic heterocycles. The number of non-ortho nitro benzene ring substituents is 1. The zero-order valence-corrected chi connectivity index (χ0v) is 16.4. The highest BCUT2D eigenvalue weighted by Crippen LogP contribution is 2.26. The van der Waals surface area contributed by atoms with Gasteiger partial charge in [-0.2, -0.15) is 0 Å². The van der Waals surface area contributed by atoms with Crippen molar-refractivity contribution in [2.45, 2.75) is 23.8 Å². The summed E-state index contributed by atoms with van der Waals surface area (Å²) in [5, 5.41) is 13.8. The molecule has 9 nitrogen and oxygen atoms in total. The van der Waals surface area contributed by atoms with E-state index in [1.807, 2.05) is 0 Å². The number of hydrogen-bond donors (Lipinski definition) is 1. The molecule has 2 aromatic carbocycles. The highest BCUT2D eigenvalue weighted by Gasteiger charge is 2.28. The molecule has 1 N–H and O–H groups in total. The Balaban J connectivity index is 1.88. The summed E-state index contributed by atoms with van der Waals surface area (Å²) in [4.78, 5) is 23.0. The van der Waals surface area contributed by atoms with E-state index in [0.717, 1.165) is 23.2 Å². The number of nitrogens with zero attached hydrogens (tertiary/aromatic N) is 2. The number of nitro groups is 1. The van der Waals surface area contributed by atoms with Crippen LogP contribution in [-0.2, 0) is 19.6 Å². The number of benzene rings is 2. The largest absolute Gasteiger partial charge is 0.376 e. The van der Waals surface area contributed by atoms with Crippen molar-refractivity contribution in [2.24, 2.45) is 0 Å². The lowest BCUT2D eigenvalue weighted by molar-refractivity contribution is -0.384. The molecular weight excluding hydrogens is 398 g/mol. The minimum absolute atomic E-state index is 0.0153. The molecule has 10 heteroatoms. The molecule has 0 radical (unpaired) electrons. The molecule has 0 bridgehead atoms. The minimum Gasteiger partial charge on any atom is -0.376 e. The van der Waals surface area contributed by atoms with Gasteiger partial charge in [0.1, 0.15) is 6.54 Å². The van der Waals surface area contributed by atoms with Gasteiger partial charge in [-0.25, -0.2) is 8.42 Å². The average Bonchev–Trinajstić information content (AvgIpc) is 3.25. The first-order valence-electron chi connectivity index (χ1n) is 9.08. The van der Waals surface area contributed by atoms with Gasteiger partial charge in [0, 0.05) is 25.3 Å². The molecule has 0 unspecified atom stereocenters. The van der Waals surface area contributed by atoms with E-state index in [1.54, 1.807) is 18.2 Å². The number of carbonyl (C=O) groups is 1. The first-order valence-corrected chi connectivity index (χ1v) is 10.5. The number of sulfonamides is 1. The van der Waals surface area contributed by atoms with Crippen LogP contribution < -0.4 is 9.62 Å². The van der Waals surface area contributed by atoms with Crippen LogP contribution >= 0.6 is 0 Å². The van der Waals surface area contributed by atoms with Crippen molar-refractivity contribution in [3.63, 3.8) is 0 Å². The van der Waals surface area contributed by atoms with Gasteiger partial charge < -0.3 is 10.1 Å². The maximum atomic E-state index is 13.2. The average molecular weight is 419 g/mol. The van der Waals surface area contributed by atoms with Crippen LogP contribution in [0.5, 0.6) is 0 Å². The Hall–Kier alpha value is -2.98. The van der Waals surface area contributed by atoms with E-state index >= 15 is 0 Å². The number of carbonyl (C=O) groups excluding carboxylic acids is 1. The van der Waals surface area contributed by atoms with Gasteiger partial charge in [0.15, 0.2) is 0 Å². The molecule has 2 aromatic rings. The van der Waals surface area contributed by atoms with Crippen molar-refractivity contribution in [1.29, 1.82) is 0 Å². The van der Waals surface area contributed by atoms with Crippen LogP contribution in [0.4, 0.5) is 11.4 Å². The summed E-state index contributed by atoms with van der Waals surface area (Å²) in [5.41, 5.74) is -0.231. The second kappa shape index (κ2) is 9.01. The monoisotopic (exact) mass is 419 g/mol. The van der Waals surface area contributed by atoms with Crippen LogP contribution in [0.1, 0.15) is 12.8 Å². The fourth-order valence-corrected chi connectivity index (χ4v) is 4.45. The molecule has 0 aromatic heterocycles. The van der Waals surface area contributed by atoms with Gasteiger partial charge in [0.05, 0.1) is 21.6 Å². The van der Waals surface area contributed by atoms with E-state index in [1.165, 1.54) is 30.3 Å². The lowest BCUT2D eigenvalue weighted by atomic mass is 10.2. The molecule has 1 fully saturated rings. The molecule has 1 atom stereocenters. The van der Waals surface area contributed by atoms with Crippen LogP contribution in [0.15, 0.2) is 59.5 Å². The van der Waals surface area contributed by atoms with E-state index in [2.05, 4.69) is 5.32 Å². The summed E-state index contributed by atoms with van der Waals surface area (Å²) in [6.45, 7) is 0.418. The second-order valence-electron chi connectivity index (χ2n) is 6.54. The van der Waals surface area contributed by atoms with Gasteiger partial charge in [-0.15, -0.1) is 0 Å². The molecule has 154 valence electrons. The number of ether oxygens (including phenoxy) is 1. The first-order chi connectivity index (χ1) is 13.9. The quantitative estimate of drug-likeness (QED) is 0.517. The van der Waals surface area contributed by atoms with Gasteiger partial charge in [-0.1, -0.05) is 24.3 Å². The van der Waals surface area contributed by atoms with Crippen LogP contribution in [-0.4, -0.2) is 45.0 Å². The molecule has 0 aliphatic carbocycles. The number of nitro benzene ring substituents is 1. The molecular formula is C19H21N3O6S. The Morgan fingerprint density at radius 3 is 2.62 bits per heavy atom. The first kappa shape index (κ1) is 20.7. The van der Waals surface area contributed by atoms with Crippen LogP contribution in [0.3, 0.4) is 0 Å². The van der Waals surface area contributed by atoms with E-state index < -0.39 is 27.4 Å². The van der Waals surface area contributed by atoms with E-state index in [4.69, 9.17) is 4.74 Å². The topological polar surface area (TPSA) is 119 Å². The molecule has 29 heavy (non-hydrogen) atoms. The number of hydrogen-bond acceptors (Lipinski definition) is 6. The predicted octanol–water partition coefficient (Wildman–Crippen LogP) is 2.09. The van der Waals surface area contributed by atoms with Gasteiger partial charge in [-0.3, -0.25) is 19.2 Å². The van der Waals surface area contributed by atoms with Gasteiger partial charge in [0.25, 0.3) is 15.7 Å². The van der Waals surface area contributed by atoms with Crippen LogP contribution in [0.25, 0.3) is 0 Å². The molecule has 3 rings (SSSR count). The normalized spacial score (nSPS) is 16.3. The Morgan fingerprint density at radius 2 is 1.97 bits per heavy atom. The highest BCUT2D eigenvalue weighted by atomic mass is 32.2. The van der Waals surface area contributed by atoms with Crippen LogP contribution in [0.2, 0.25) is 0 Å². The molecule has 1 heterocycles. The van der Waals surface area contributed by atoms with Gasteiger partial charge in [-0.05, 0) is 31.0 Å². The van der Waals surface area contributed by atoms with Crippen molar-refractivity contribution in [3.05, 3.63) is 64.7 Å². The van der Waals surface area contributed by atoms with Crippen molar-refractivity contribution >= 4 is 27.3 Å². The van der Waals surface area contributed by atoms with Gasteiger partial charge >= 0.3 is 0 Å². The van der Waals surface area contributed by atoms with E-state index in [0.29, 0.717) is 6.61 Å². The van der Waals surface area contributed by atoms with Gasteiger partial charge in [0.2, 0.25) is 5.91 Å².